The Morgan fingerprint density at radius 1 is 1.50 bits per heavy atom. The van der Waals surface area contributed by atoms with Crippen LogP contribution < -0.4 is 5.76 Å². The molecule has 0 saturated heterocycles. The molecule has 4 nitrogen and oxygen atoms in total. The zero-order valence-electron chi connectivity index (χ0n) is 9.43. The van der Waals surface area contributed by atoms with Gasteiger partial charge < -0.3 is 9.52 Å². The molecule has 0 saturated carbocycles. The summed E-state index contributed by atoms with van der Waals surface area (Å²) in [5.41, 5.74) is 2.40. The first-order valence-corrected chi connectivity index (χ1v) is 5.37. The SMILES string of the molecule is CCC(CO)c1ccc2oc(=O)n(C)c2c1. The number of aromatic nitrogens is 1. The first-order valence-electron chi connectivity index (χ1n) is 5.37. The van der Waals surface area contributed by atoms with Crippen molar-refractivity contribution in [1.29, 1.82) is 0 Å². The molecule has 86 valence electrons. The quantitative estimate of drug-likeness (QED) is 0.856. The van der Waals surface area contributed by atoms with Crippen molar-refractivity contribution in [2.24, 2.45) is 7.05 Å². The minimum absolute atomic E-state index is 0.119. The Morgan fingerprint density at radius 2 is 2.25 bits per heavy atom. The number of rotatable bonds is 3. The van der Waals surface area contributed by atoms with Crippen LogP contribution in [0.5, 0.6) is 0 Å². The van der Waals surface area contributed by atoms with Crippen molar-refractivity contribution in [3.8, 4) is 0 Å². The van der Waals surface area contributed by atoms with Gasteiger partial charge in [0.05, 0.1) is 5.52 Å². The van der Waals surface area contributed by atoms with E-state index in [1.807, 2.05) is 19.1 Å². The molecule has 0 fully saturated rings. The summed E-state index contributed by atoms with van der Waals surface area (Å²) in [6.07, 6.45) is 0.869. The fourth-order valence-electron chi connectivity index (χ4n) is 1.87. The van der Waals surface area contributed by atoms with E-state index < -0.39 is 0 Å². The van der Waals surface area contributed by atoms with Gasteiger partial charge in [-0.3, -0.25) is 4.57 Å². The van der Waals surface area contributed by atoms with E-state index in [1.165, 1.54) is 4.57 Å². The summed E-state index contributed by atoms with van der Waals surface area (Å²) in [6.45, 7) is 2.15. The van der Waals surface area contributed by atoms with E-state index in [1.54, 1.807) is 13.1 Å². The first-order chi connectivity index (χ1) is 7.67. The lowest BCUT2D eigenvalue weighted by Gasteiger charge is -2.11. The Labute approximate surface area is 93.1 Å². The lowest BCUT2D eigenvalue weighted by atomic mass is 9.97. The van der Waals surface area contributed by atoms with Gasteiger partial charge in [-0.1, -0.05) is 13.0 Å². The topological polar surface area (TPSA) is 55.4 Å². The molecular weight excluding hydrogens is 206 g/mol. The molecule has 0 amide bonds. The number of fused-ring (bicyclic) bond motifs is 1. The Hall–Kier alpha value is -1.55. The van der Waals surface area contributed by atoms with E-state index in [4.69, 9.17) is 4.42 Å². The molecule has 0 radical (unpaired) electrons. The molecule has 1 atom stereocenters. The summed E-state index contributed by atoms with van der Waals surface area (Å²) in [5, 5.41) is 9.23. The highest BCUT2D eigenvalue weighted by molar-refractivity contribution is 5.73. The average molecular weight is 221 g/mol. The standard InChI is InChI=1S/C12H15NO3/c1-3-8(7-14)9-4-5-11-10(6-9)13(2)12(15)16-11/h4-6,8,14H,3,7H2,1-2H3. The molecule has 1 aromatic heterocycles. The summed E-state index contributed by atoms with van der Waals surface area (Å²) >= 11 is 0. The van der Waals surface area contributed by atoms with Crippen LogP contribution in [0.2, 0.25) is 0 Å². The molecule has 0 aliphatic carbocycles. The van der Waals surface area contributed by atoms with Crippen molar-refractivity contribution < 1.29 is 9.52 Å². The van der Waals surface area contributed by atoms with Gasteiger partial charge >= 0.3 is 5.76 Å². The van der Waals surface area contributed by atoms with Gasteiger partial charge in [-0.2, -0.15) is 0 Å². The molecular formula is C12H15NO3. The number of hydrogen-bond acceptors (Lipinski definition) is 3. The molecule has 1 heterocycles. The summed E-state index contributed by atoms with van der Waals surface area (Å²) in [7, 11) is 1.68. The van der Waals surface area contributed by atoms with Crippen molar-refractivity contribution in [3.05, 3.63) is 34.3 Å². The number of benzene rings is 1. The number of aliphatic hydroxyl groups excluding tert-OH is 1. The van der Waals surface area contributed by atoms with Crippen LogP contribution in [-0.2, 0) is 7.05 Å². The van der Waals surface area contributed by atoms with Gasteiger partial charge in [0.1, 0.15) is 0 Å². The lowest BCUT2D eigenvalue weighted by Crippen LogP contribution is -2.08. The number of oxazole rings is 1. The highest BCUT2D eigenvalue weighted by atomic mass is 16.4. The van der Waals surface area contributed by atoms with E-state index >= 15 is 0 Å². The Morgan fingerprint density at radius 3 is 2.88 bits per heavy atom. The first kappa shape index (κ1) is 11.0. The number of aliphatic hydroxyl groups is 1. The van der Waals surface area contributed by atoms with Gasteiger partial charge in [-0.15, -0.1) is 0 Å². The normalized spacial score (nSPS) is 13.2. The predicted octanol–water partition coefficient (Wildman–Crippen LogP) is 1.62. The third-order valence-corrected chi connectivity index (χ3v) is 3.00. The zero-order valence-corrected chi connectivity index (χ0v) is 9.43. The summed E-state index contributed by atoms with van der Waals surface area (Å²) < 4.78 is 6.52. The van der Waals surface area contributed by atoms with Gasteiger partial charge in [-0.25, -0.2) is 4.79 Å². The van der Waals surface area contributed by atoms with Gasteiger partial charge in [0.25, 0.3) is 0 Å². The smallest absolute Gasteiger partial charge is 0.408 e. The van der Waals surface area contributed by atoms with Crippen molar-refractivity contribution in [1.82, 2.24) is 4.57 Å². The van der Waals surface area contributed by atoms with E-state index in [2.05, 4.69) is 0 Å². The van der Waals surface area contributed by atoms with Crippen molar-refractivity contribution in [2.75, 3.05) is 6.61 Å². The molecule has 0 bridgehead atoms. The second-order valence-electron chi connectivity index (χ2n) is 3.94. The molecule has 2 aromatic rings. The number of aryl methyl sites for hydroxylation is 1. The van der Waals surface area contributed by atoms with Gasteiger partial charge in [-0.05, 0) is 24.1 Å². The Balaban J connectivity index is 2.58. The van der Waals surface area contributed by atoms with Crippen molar-refractivity contribution >= 4 is 11.1 Å². The maximum atomic E-state index is 11.3. The van der Waals surface area contributed by atoms with Gasteiger partial charge in [0, 0.05) is 19.6 Å². The maximum absolute atomic E-state index is 11.3. The predicted molar refractivity (Wildman–Crippen MR) is 61.6 cm³/mol. The van der Waals surface area contributed by atoms with Gasteiger partial charge in [0.15, 0.2) is 5.58 Å². The van der Waals surface area contributed by atoms with E-state index in [0.717, 1.165) is 17.5 Å². The third-order valence-electron chi connectivity index (χ3n) is 3.00. The Kier molecular flexibility index (Phi) is 2.83. The van der Waals surface area contributed by atoms with Gasteiger partial charge in [0.2, 0.25) is 0 Å². The second-order valence-corrected chi connectivity index (χ2v) is 3.94. The largest absolute Gasteiger partial charge is 0.419 e. The zero-order chi connectivity index (χ0) is 11.7. The van der Waals surface area contributed by atoms with Crippen molar-refractivity contribution in [2.45, 2.75) is 19.3 Å². The molecule has 1 unspecified atom stereocenters. The molecule has 0 aliphatic heterocycles. The maximum Gasteiger partial charge on any atom is 0.419 e. The van der Waals surface area contributed by atoms with Crippen LogP contribution in [-0.4, -0.2) is 16.3 Å². The van der Waals surface area contributed by atoms with E-state index in [9.17, 15) is 9.90 Å². The fraction of sp³-hybridized carbons (Fsp3) is 0.417. The Bertz CT molecular complexity index is 549. The number of nitrogens with zero attached hydrogens (tertiary/aromatic N) is 1. The monoisotopic (exact) mass is 221 g/mol. The van der Waals surface area contributed by atoms with E-state index in [0.29, 0.717) is 5.58 Å². The lowest BCUT2D eigenvalue weighted by molar-refractivity contribution is 0.262. The van der Waals surface area contributed by atoms with Crippen molar-refractivity contribution in [3.63, 3.8) is 0 Å². The highest BCUT2D eigenvalue weighted by Crippen LogP contribution is 2.22. The fourth-order valence-corrected chi connectivity index (χ4v) is 1.87. The number of hydrogen-bond donors (Lipinski definition) is 1. The van der Waals surface area contributed by atoms with Crippen LogP contribution in [0.4, 0.5) is 0 Å². The minimum Gasteiger partial charge on any atom is -0.408 e. The molecule has 1 N–H and O–H groups in total. The third kappa shape index (κ3) is 1.65. The van der Waals surface area contributed by atoms with Crippen LogP contribution in [0.15, 0.2) is 27.4 Å². The van der Waals surface area contributed by atoms with Crippen LogP contribution >= 0.6 is 0 Å². The molecule has 0 spiro atoms. The molecule has 0 aliphatic rings. The second kappa shape index (κ2) is 4.14. The van der Waals surface area contributed by atoms with Crippen LogP contribution in [0.1, 0.15) is 24.8 Å². The highest BCUT2D eigenvalue weighted by Gasteiger charge is 2.11. The van der Waals surface area contributed by atoms with E-state index in [-0.39, 0.29) is 18.3 Å². The minimum atomic E-state index is -0.357. The summed E-state index contributed by atoms with van der Waals surface area (Å²) in [6, 6.07) is 5.59. The molecule has 2 rings (SSSR count). The van der Waals surface area contributed by atoms with Crippen LogP contribution in [0.3, 0.4) is 0 Å². The average Bonchev–Trinajstić information content (AvgIpc) is 2.57. The molecule has 1 aromatic carbocycles. The van der Waals surface area contributed by atoms with Crippen LogP contribution in [0.25, 0.3) is 11.1 Å². The summed E-state index contributed by atoms with van der Waals surface area (Å²) in [4.78, 5) is 11.3. The summed E-state index contributed by atoms with van der Waals surface area (Å²) in [5.74, 6) is -0.237. The molecule has 16 heavy (non-hydrogen) atoms. The van der Waals surface area contributed by atoms with Crippen LogP contribution in [0, 0.1) is 0 Å². The molecule has 4 heteroatoms.